The van der Waals surface area contributed by atoms with Gasteiger partial charge in [-0.3, -0.25) is 14.5 Å². The average Bonchev–Trinajstić information content (AvgIpc) is 2.95. The van der Waals surface area contributed by atoms with Crippen LogP contribution < -0.4 is 0 Å². The molecule has 1 fully saturated rings. The number of nitrogens with zero attached hydrogens (tertiary/aromatic N) is 5. The quantitative estimate of drug-likeness (QED) is 0.797. The molecule has 0 radical (unpaired) electrons. The van der Waals surface area contributed by atoms with Crippen LogP contribution in [0.3, 0.4) is 0 Å². The van der Waals surface area contributed by atoms with Crippen molar-refractivity contribution in [2.24, 2.45) is 5.10 Å². The van der Waals surface area contributed by atoms with Crippen molar-refractivity contribution in [3.05, 3.63) is 17.5 Å². The first-order valence-corrected chi connectivity index (χ1v) is 7.81. The van der Waals surface area contributed by atoms with Crippen LogP contribution in [0.1, 0.15) is 24.3 Å². The highest BCUT2D eigenvalue weighted by Crippen LogP contribution is 2.13. The molecule has 0 aromatic carbocycles. The Morgan fingerprint density at radius 2 is 2.00 bits per heavy atom. The van der Waals surface area contributed by atoms with E-state index in [0.717, 1.165) is 24.5 Å². The average molecular weight is 319 g/mol. The van der Waals surface area contributed by atoms with Crippen molar-refractivity contribution in [1.82, 2.24) is 20.0 Å². The van der Waals surface area contributed by atoms with Crippen LogP contribution in [0.4, 0.5) is 0 Å². The number of hydrazone groups is 1. The fourth-order valence-electron chi connectivity index (χ4n) is 2.83. The minimum absolute atomic E-state index is 0.0475. The Morgan fingerprint density at radius 3 is 2.61 bits per heavy atom. The molecular formula is C15H21N5O3. The van der Waals surface area contributed by atoms with Crippen LogP contribution in [0.15, 0.2) is 15.7 Å². The molecule has 8 nitrogen and oxygen atoms in total. The van der Waals surface area contributed by atoms with Crippen molar-refractivity contribution in [3.8, 4) is 0 Å². The van der Waals surface area contributed by atoms with E-state index in [2.05, 4.69) is 15.2 Å². The Bertz CT molecular complexity index is 631. The lowest BCUT2D eigenvalue weighted by Gasteiger charge is -2.34. The highest BCUT2D eigenvalue weighted by Gasteiger charge is 2.28. The monoisotopic (exact) mass is 319 g/mol. The van der Waals surface area contributed by atoms with Gasteiger partial charge in [0.1, 0.15) is 5.71 Å². The SMILES string of the molecule is Cc1cc(CN2CCN(C(=O)C3=NN(C)C(=O)CC3)CC2)on1. The molecule has 0 spiro atoms. The number of hydrogen-bond acceptors (Lipinski definition) is 6. The molecule has 0 N–H and O–H groups in total. The Kier molecular flexibility index (Phi) is 4.42. The number of aromatic nitrogens is 1. The van der Waals surface area contributed by atoms with E-state index in [0.29, 0.717) is 38.2 Å². The van der Waals surface area contributed by atoms with Crippen LogP contribution in [0.5, 0.6) is 0 Å². The molecule has 2 amide bonds. The fourth-order valence-corrected chi connectivity index (χ4v) is 2.83. The van der Waals surface area contributed by atoms with Gasteiger partial charge >= 0.3 is 0 Å². The second kappa shape index (κ2) is 6.49. The third kappa shape index (κ3) is 3.58. The van der Waals surface area contributed by atoms with Gasteiger partial charge in [-0.1, -0.05) is 5.16 Å². The zero-order valence-electron chi connectivity index (χ0n) is 13.5. The predicted octanol–water partition coefficient (Wildman–Crippen LogP) is 0.235. The molecule has 1 saturated heterocycles. The molecule has 124 valence electrons. The van der Waals surface area contributed by atoms with E-state index < -0.39 is 0 Å². The number of hydrogen-bond donors (Lipinski definition) is 0. The first-order chi connectivity index (χ1) is 11.0. The van der Waals surface area contributed by atoms with Crippen molar-refractivity contribution in [3.63, 3.8) is 0 Å². The van der Waals surface area contributed by atoms with E-state index in [1.165, 1.54) is 5.01 Å². The lowest BCUT2D eigenvalue weighted by atomic mass is 10.1. The molecule has 0 saturated carbocycles. The van der Waals surface area contributed by atoms with E-state index in [1.54, 1.807) is 7.05 Å². The molecule has 3 heterocycles. The van der Waals surface area contributed by atoms with Crippen LogP contribution in [0.25, 0.3) is 0 Å². The summed E-state index contributed by atoms with van der Waals surface area (Å²) in [5.41, 5.74) is 1.36. The third-order valence-corrected chi connectivity index (χ3v) is 4.17. The molecule has 3 rings (SSSR count). The molecule has 0 unspecified atom stereocenters. The first kappa shape index (κ1) is 15.7. The number of carbonyl (C=O) groups excluding carboxylic acids is 2. The summed E-state index contributed by atoms with van der Waals surface area (Å²) < 4.78 is 5.23. The number of carbonyl (C=O) groups is 2. The largest absolute Gasteiger partial charge is 0.360 e. The second-order valence-corrected chi connectivity index (χ2v) is 5.97. The van der Waals surface area contributed by atoms with Crippen LogP contribution >= 0.6 is 0 Å². The number of amides is 2. The summed E-state index contributed by atoms with van der Waals surface area (Å²) in [5.74, 6) is 0.743. The number of rotatable bonds is 3. The summed E-state index contributed by atoms with van der Waals surface area (Å²) in [6.07, 6.45) is 0.783. The van der Waals surface area contributed by atoms with Gasteiger partial charge in [-0.15, -0.1) is 0 Å². The molecule has 0 bridgehead atoms. The highest BCUT2D eigenvalue weighted by atomic mass is 16.5. The Labute approximate surface area is 134 Å². The minimum atomic E-state index is -0.0560. The summed E-state index contributed by atoms with van der Waals surface area (Å²) >= 11 is 0. The number of aryl methyl sites for hydroxylation is 1. The highest BCUT2D eigenvalue weighted by molar-refractivity contribution is 6.39. The van der Waals surface area contributed by atoms with E-state index in [1.807, 2.05) is 17.9 Å². The van der Waals surface area contributed by atoms with E-state index >= 15 is 0 Å². The summed E-state index contributed by atoms with van der Waals surface area (Å²) in [4.78, 5) is 28.0. The van der Waals surface area contributed by atoms with Gasteiger partial charge in [-0.05, 0) is 6.92 Å². The summed E-state index contributed by atoms with van der Waals surface area (Å²) in [6.45, 7) is 5.49. The van der Waals surface area contributed by atoms with Gasteiger partial charge in [-0.25, -0.2) is 5.01 Å². The lowest BCUT2D eigenvalue weighted by Crippen LogP contribution is -2.51. The van der Waals surface area contributed by atoms with Crippen molar-refractivity contribution in [2.75, 3.05) is 33.2 Å². The van der Waals surface area contributed by atoms with Crippen LogP contribution in [0, 0.1) is 6.92 Å². The minimum Gasteiger partial charge on any atom is -0.360 e. The maximum absolute atomic E-state index is 12.5. The van der Waals surface area contributed by atoms with Crippen LogP contribution in [-0.2, 0) is 16.1 Å². The van der Waals surface area contributed by atoms with Crippen LogP contribution in [0.2, 0.25) is 0 Å². The summed E-state index contributed by atoms with van der Waals surface area (Å²) in [7, 11) is 1.59. The van der Waals surface area contributed by atoms with E-state index in [9.17, 15) is 9.59 Å². The van der Waals surface area contributed by atoms with Gasteiger partial charge in [0.15, 0.2) is 5.76 Å². The maximum Gasteiger partial charge on any atom is 0.270 e. The lowest BCUT2D eigenvalue weighted by molar-refractivity contribution is -0.131. The molecule has 8 heteroatoms. The van der Waals surface area contributed by atoms with Gasteiger partial charge in [0.25, 0.3) is 5.91 Å². The van der Waals surface area contributed by atoms with Gasteiger partial charge in [0.05, 0.1) is 12.2 Å². The Morgan fingerprint density at radius 1 is 1.26 bits per heavy atom. The third-order valence-electron chi connectivity index (χ3n) is 4.17. The first-order valence-electron chi connectivity index (χ1n) is 7.81. The smallest absolute Gasteiger partial charge is 0.270 e. The molecule has 2 aliphatic rings. The van der Waals surface area contributed by atoms with Gasteiger partial charge in [0, 0.05) is 52.1 Å². The number of piperazine rings is 1. The van der Waals surface area contributed by atoms with Gasteiger partial charge in [-0.2, -0.15) is 5.10 Å². The summed E-state index contributed by atoms with van der Waals surface area (Å²) in [5, 5.41) is 9.25. The van der Waals surface area contributed by atoms with Gasteiger partial charge < -0.3 is 9.42 Å². The predicted molar refractivity (Wildman–Crippen MR) is 82.5 cm³/mol. The van der Waals surface area contributed by atoms with Crippen molar-refractivity contribution in [1.29, 1.82) is 0 Å². The van der Waals surface area contributed by atoms with Gasteiger partial charge in [0.2, 0.25) is 5.91 Å². The molecular weight excluding hydrogens is 298 g/mol. The van der Waals surface area contributed by atoms with Crippen LogP contribution in [-0.4, -0.2) is 70.7 Å². The molecule has 23 heavy (non-hydrogen) atoms. The summed E-state index contributed by atoms with van der Waals surface area (Å²) in [6, 6.07) is 1.93. The zero-order valence-corrected chi connectivity index (χ0v) is 13.5. The topological polar surface area (TPSA) is 82.2 Å². The van der Waals surface area contributed by atoms with Crippen molar-refractivity contribution >= 4 is 17.5 Å². The molecule has 1 aromatic rings. The Balaban J connectivity index is 1.53. The molecule has 0 atom stereocenters. The second-order valence-electron chi connectivity index (χ2n) is 5.97. The normalized spacial score (nSPS) is 19.9. The fraction of sp³-hybridized carbons (Fsp3) is 0.600. The van der Waals surface area contributed by atoms with E-state index in [-0.39, 0.29) is 11.8 Å². The molecule has 2 aliphatic heterocycles. The van der Waals surface area contributed by atoms with E-state index in [4.69, 9.17) is 4.52 Å². The maximum atomic E-state index is 12.5. The molecule has 1 aromatic heterocycles. The standard InChI is InChI=1S/C15H21N5O3/c1-11-9-12(23-17-11)10-19-5-7-20(8-6-19)15(22)13-3-4-14(21)18(2)16-13/h9H,3-8,10H2,1-2H3. The van der Waals surface area contributed by atoms with Crippen molar-refractivity contribution in [2.45, 2.75) is 26.3 Å². The zero-order chi connectivity index (χ0) is 16.4. The molecule has 0 aliphatic carbocycles. The Hall–Kier alpha value is -2.22. The van der Waals surface area contributed by atoms with Crippen molar-refractivity contribution < 1.29 is 14.1 Å².